The predicted molar refractivity (Wildman–Crippen MR) is 84.9 cm³/mol. The molecule has 1 saturated heterocycles. The first-order valence-electron chi connectivity index (χ1n) is 6.98. The minimum Gasteiger partial charge on any atom is -0.355 e. The molecule has 1 aliphatic carbocycles. The minimum absolute atomic E-state index is 0.0122. The number of nitrogens with one attached hydrogen (secondary N) is 1. The van der Waals surface area contributed by atoms with Crippen molar-refractivity contribution in [2.75, 3.05) is 4.90 Å². The number of allylic oxidation sites excluding steroid dienone is 2. The van der Waals surface area contributed by atoms with Gasteiger partial charge in [0.15, 0.2) is 5.11 Å². The molecule has 1 amide bonds. The Morgan fingerprint density at radius 2 is 2.00 bits per heavy atom. The fourth-order valence-electron chi connectivity index (χ4n) is 2.75. The molecule has 3 rings (SSSR count). The Morgan fingerprint density at radius 1 is 1.30 bits per heavy atom. The summed E-state index contributed by atoms with van der Waals surface area (Å²) in [4.78, 5) is 13.7. The van der Waals surface area contributed by atoms with Gasteiger partial charge in [0.1, 0.15) is 0 Å². The zero-order valence-corrected chi connectivity index (χ0v) is 13.0. The normalized spacial score (nSPS) is 21.4. The highest BCUT2D eigenvalue weighted by atomic mass is 32.1. The second-order valence-electron chi connectivity index (χ2n) is 5.44. The van der Waals surface area contributed by atoms with E-state index in [4.69, 9.17) is 12.2 Å². The topological polar surface area (TPSA) is 32.3 Å². The maximum atomic E-state index is 13.2. The van der Waals surface area contributed by atoms with E-state index in [1.165, 1.54) is 18.2 Å². The van der Waals surface area contributed by atoms with E-state index in [2.05, 4.69) is 5.32 Å². The van der Waals surface area contributed by atoms with Gasteiger partial charge in [-0.05, 0) is 43.8 Å². The molecule has 2 aliphatic rings. The van der Waals surface area contributed by atoms with Crippen molar-refractivity contribution < 1.29 is 18.0 Å². The minimum atomic E-state index is -4.57. The number of amides is 1. The molecule has 1 unspecified atom stereocenters. The van der Waals surface area contributed by atoms with Crippen LogP contribution in [-0.2, 0) is 11.0 Å². The summed E-state index contributed by atoms with van der Waals surface area (Å²) in [7, 11) is 0. The standard InChI is InChI=1S/C16H13F3N2OS/c1-9-6-7-12-10(8-9)14(22)21(15(23)20-12)13-5-3-2-4-11(13)16(17,18)19/h2-6,8,12H,7H2,1H3,(H,20,23). The van der Waals surface area contributed by atoms with Crippen molar-refractivity contribution in [3.63, 3.8) is 0 Å². The molecule has 1 heterocycles. The van der Waals surface area contributed by atoms with Crippen molar-refractivity contribution in [1.82, 2.24) is 5.32 Å². The van der Waals surface area contributed by atoms with Crippen molar-refractivity contribution >= 4 is 28.9 Å². The van der Waals surface area contributed by atoms with Crippen LogP contribution in [0.15, 0.2) is 47.6 Å². The molecule has 0 aromatic heterocycles. The van der Waals surface area contributed by atoms with Crippen LogP contribution in [0.25, 0.3) is 0 Å². The lowest BCUT2D eigenvalue weighted by molar-refractivity contribution is -0.137. The van der Waals surface area contributed by atoms with Gasteiger partial charge in [0, 0.05) is 5.57 Å². The Kier molecular flexibility index (Phi) is 3.75. The molecule has 3 nitrogen and oxygen atoms in total. The molecule has 7 heteroatoms. The van der Waals surface area contributed by atoms with Crippen LogP contribution in [-0.4, -0.2) is 17.1 Å². The Bertz CT molecular complexity index is 752. The molecule has 1 aromatic carbocycles. The Balaban J connectivity index is 2.09. The largest absolute Gasteiger partial charge is 0.418 e. The van der Waals surface area contributed by atoms with Gasteiger partial charge in [0.2, 0.25) is 0 Å². The number of halogens is 3. The Hall–Kier alpha value is -2.15. The summed E-state index contributed by atoms with van der Waals surface area (Å²) in [6.45, 7) is 1.84. The van der Waals surface area contributed by atoms with Crippen LogP contribution in [0.4, 0.5) is 18.9 Å². The van der Waals surface area contributed by atoms with Gasteiger partial charge < -0.3 is 5.32 Å². The second kappa shape index (κ2) is 5.49. The van der Waals surface area contributed by atoms with Gasteiger partial charge in [-0.15, -0.1) is 0 Å². The monoisotopic (exact) mass is 338 g/mol. The molecular formula is C16H13F3N2OS. The van der Waals surface area contributed by atoms with Gasteiger partial charge in [-0.1, -0.05) is 23.8 Å². The van der Waals surface area contributed by atoms with Crippen molar-refractivity contribution in [3.8, 4) is 0 Å². The molecule has 0 saturated carbocycles. The number of thiocarbonyl (C=S) groups is 1. The zero-order chi connectivity index (χ0) is 16.8. The predicted octanol–water partition coefficient (Wildman–Crippen LogP) is 3.57. The lowest BCUT2D eigenvalue weighted by Gasteiger charge is -2.37. The molecule has 1 aromatic rings. The lowest BCUT2D eigenvalue weighted by atomic mass is 9.92. The number of rotatable bonds is 1. The van der Waals surface area contributed by atoms with Crippen LogP contribution in [0.1, 0.15) is 18.9 Å². The fraction of sp³-hybridized carbons (Fsp3) is 0.250. The first-order chi connectivity index (χ1) is 10.8. The fourth-order valence-corrected chi connectivity index (χ4v) is 3.07. The molecule has 1 aliphatic heterocycles. The summed E-state index contributed by atoms with van der Waals surface area (Å²) in [5.41, 5.74) is 0.188. The summed E-state index contributed by atoms with van der Waals surface area (Å²) in [5.74, 6) is -0.511. The van der Waals surface area contributed by atoms with E-state index < -0.39 is 17.6 Å². The van der Waals surface area contributed by atoms with E-state index in [1.807, 2.05) is 13.0 Å². The number of fused-ring (bicyclic) bond motifs is 1. The molecule has 1 atom stereocenters. The van der Waals surface area contributed by atoms with Crippen molar-refractivity contribution in [3.05, 3.63) is 53.1 Å². The van der Waals surface area contributed by atoms with Crippen LogP contribution in [0.2, 0.25) is 0 Å². The van der Waals surface area contributed by atoms with E-state index in [0.717, 1.165) is 16.5 Å². The molecule has 1 N–H and O–H groups in total. The third-order valence-corrected chi connectivity index (χ3v) is 4.14. The Morgan fingerprint density at radius 3 is 2.70 bits per heavy atom. The summed E-state index contributed by atoms with van der Waals surface area (Å²) in [6, 6.07) is 4.64. The number of hydrogen-bond acceptors (Lipinski definition) is 2. The van der Waals surface area contributed by atoms with E-state index in [1.54, 1.807) is 6.08 Å². The second-order valence-corrected chi connectivity index (χ2v) is 5.83. The Labute approximate surface area is 136 Å². The van der Waals surface area contributed by atoms with Gasteiger partial charge in [-0.2, -0.15) is 13.2 Å². The van der Waals surface area contributed by atoms with Crippen molar-refractivity contribution in [1.29, 1.82) is 0 Å². The maximum absolute atomic E-state index is 13.2. The quantitative estimate of drug-likeness (QED) is 0.795. The zero-order valence-electron chi connectivity index (χ0n) is 12.1. The number of alkyl halides is 3. The van der Waals surface area contributed by atoms with E-state index in [-0.39, 0.29) is 16.8 Å². The highest BCUT2D eigenvalue weighted by Crippen LogP contribution is 2.38. The first kappa shape index (κ1) is 15.7. The molecule has 0 bridgehead atoms. The smallest absolute Gasteiger partial charge is 0.355 e. The number of para-hydroxylation sites is 1. The lowest BCUT2D eigenvalue weighted by Crippen LogP contribution is -2.57. The molecule has 1 fully saturated rings. The van der Waals surface area contributed by atoms with Gasteiger partial charge in [-0.25, -0.2) is 0 Å². The van der Waals surface area contributed by atoms with Crippen LogP contribution < -0.4 is 10.2 Å². The molecule has 120 valence electrons. The van der Waals surface area contributed by atoms with Crippen LogP contribution in [0.5, 0.6) is 0 Å². The van der Waals surface area contributed by atoms with Crippen LogP contribution >= 0.6 is 12.2 Å². The highest BCUT2D eigenvalue weighted by molar-refractivity contribution is 7.80. The van der Waals surface area contributed by atoms with Gasteiger partial charge in [0.25, 0.3) is 5.91 Å². The van der Waals surface area contributed by atoms with Gasteiger partial charge in [-0.3, -0.25) is 9.69 Å². The number of nitrogens with zero attached hydrogens (tertiary/aromatic N) is 1. The average molecular weight is 338 g/mol. The SMILES string of the molecule is CC1=CCC2NC(=S)N(c3ccccc3C(F)(F)F)C(=O)C2=C1. The summed E-state index contributed by atoms with van der Waals surface area (Å²) < 4.78 is 39.7. The maximum Gasteiger partial charge on any atom is 0.418 e. The third-order valence-electron chi connectivity index (χ3n) is 3.84. The average Bonchev–Trinajstić information content (AvgIpc) is 2.48. The number of benzene rings is 1. The summed E-state index contributed by atoms with van der Waals surface area (Å²) in [5, 5.41) is 2.94. The van der Waals surface area contributed by atoms with E-state index in [9.17, 15) is 18.0 Å². The van der Waals surface area contributed by atoms with Crippen molar-refractivity contribution in [2.24, 2.45) is 0 Å². The summed E-state index contributed by atoms with van der Waals surface area (Å²) >= 11 is 5.15. The highest BCUT2D eigenvalue weighted by Gasteiger charge is 2.41. The van der Waals surface area contributed by atoms with E-state index >= 15 is 0 Å². The summed E-state index contributed by atoms with van der Waals surface area (Å²) in [6.07, 6.45) is -0.344. The van der Waals surface area contributed by atoms with Gasteiger partial charge >= 0.3 is 6.18 Å². The molecule has 0 spiro atoms. The van der Waals surface area contributed by atoms with Gasteiger partial charge in [0.05, 0.1) is 17.3 Å². The third kappa shape index (κ3) is 2.76. The van der Waals surface area contributed by atoms with Crippen LogP contribution in [0.3, 0.4) is 0 Å². The molecular weight excluding hydrogens is 325 g/mol. The molecule has 23 heavy (non-hydrogen) atoms. The number of carbonyl (C=O) groups excluding carboxylic acids is 1. The number of carbonyl (C=O) groups is 1. The molecule has 0 radical (unpaired) electrons. The van der Waals surface area contributed by atoms with Crippen LogP contribution in [0, 0.1) is 0 Å². The number of hydrogen-bond donors (Lipinski definition) is 1. The van der Waals surface area contributed by atoms with E-state index in [0.29, 0.717) is 12.0 Å². The van der Waals surface area contributed by atoms with Crippen molar-refractivity contribution in [2.45, 2.75) is 25.6 Å². The number of anilines is 1. The first-order valence-corrected chi connectivity index (χ1v) is 7.39.